The predicted molar refractivity (Wildman–Crippen MR) is 153 cm³/mol. The smallest absolute Gasteiger partial charge is 0.264 e. The molecule has 0 unspecified atom stereocenters. The lowest BCUT2D eigenvalue weighted by molar-refractivity contribution is -0.139. The molecule has 3 aromatic rings. The van der Waals surface area contributed by atoms with E-state index in [0.717, 1.165) is 10.7 Å². The molecular weight excluding hydrogens is 538 g/mol. The van der Waals surface area contributed by atoms with Crippen LogP contribution in [0.3, 0.4) is 0 Å². The van der Waals surface area contributed by atoms with Crippen LogP contribution in [0.2, 0.25) is 5.02 Å². The molecule has 0 aliphatic carbocycles. The number of carbonyl (C=O) groups is 2. The third-order valence-electron chi connectivity index (χ3n) is 6.37. The number of carbonyl (C=O) groups excluding carboxylic acids is 2. The second-order valence-electron chi connectivity index (χ2n) is 9.14. The van der Waals surface area contributed by atoms with Gasteiger partial charge in [-0.05, 0) is 62.2 Å². The summed E-state index contributed by atoms with van der Waals surface area (Å²) in [5, 5.41) is 3.40. The highest BCUT2D eigenvalue weighted by Gasteiger charge is 2.33. The fourth-order valence-electron chi connectivity index (χ4n) is 3.95. The van der Waals surface area contributed by atoms with Gasteiger partial charge in [-0.2, -0.15) is 0 Å². The molecule has 0 saturated carbocycles. The van der Waals surface area contributed by atoms with E-state index in [1.54, 1.807) is 73.7 Å². The van der Waals surface area contributed by atoms with Gasteiger partial charge in [0.25, 0.3) is 10.0 Å². The maximum absolute atomic E-state index is 14.0. The Morgan fingerprint density at radius 1 is 0.974 bits per heavy atom. The number of halogens is 1. The van der Waals surface area contributed by atoms with E-state index in [-0.39, 0.29) is 34.8 Å². The quantitative estimate of drug-likeness (QED) is 0.334. The number of sulfonamides is 1. The van der Waals surface area contributed by atoms with E-state index < -0.39 is 28.5 Å². The third-order valence-corrected chi connectivity index (χ3v) is 8.38. The summed E-state index contributed by atoms with van der Waals surface area (Å²) in [4.78, 5) is 28.5. The minimum Gasteiger partial charge on any atom is -0.495 e. The van der Waals surface area contributed by atoms with Crippen molar-refractivity contribution in [2.45, 2.75) is 50.7 Å². The predicted octanol–water partition coefficient (Wildman–Crippen LogP) is 4.88. The van der Waals surface area contributed by atoms with Crippen LogP contribution in [0.25, 0.3) is 0 Å². The SMILES string of the molecule is CC[C@H](C)NC(=O)[C@H](C)N(Cc1cccc(Cl)c1)C(=O)CN(c1ccccc1OC)S(=O)(=O)c1ccccc1. The fourth-order valence-corrected chi connectivity index (χ4v) is 5.61. The highest BCUT2D eigenvalue weighted by atomic mass is 35.5. The Kier molecular flexibility index (Phi) is 10.4. The number of amides is 2. The molecule has 2 amide bonds. The lowest BCUT2D eigenvalue weighted by atomic mass is 10.1. The number of nitrogens with one attached hydrogen (secondary N) is 1. The van der Waals surface area contributed by atoms with Crippen molar-refractivity contribution in [1.29, 1.82) is 0 Å². The minimum atomic E-state index is -4.18. The molecule has 0 spiro atoms. The maximum atomic E-state index is 14.0. The van der Waals surface area contributed by atoms with E-state index in [1.807, 2.05) is 13.8 Å². The summed E-state index contributed by atoms with van der Waals surface area (Å²) in [6.07, 6.45) is 0.720. The average molecular weight is 572 g/mol. The molecule has 0 saturated heterocycles. The maximum Gasteiger partial charge on any atom is 0.264 e. The number of ether oxygens (including phenoxy) is 1. The van der Waals surface area contributed by atoms with Gasteiger partial charge in [-0.3, -0.25) is 13.9 Å². The Hall–Kier alpha value is -3.56. The van der Waals surface area contributed by atoms with Crippen LogP contribution < -0.4 is 14.4 Å². The van der Waals surface area contributed by atoms with Crippen LogP contribution >= 0.6 is 11.6 Å². The topological polar surface area (TPSA) is 96.0 Å². The largest absolute Gasteiger partial charge is 0.495 e. The Balaban J connectivity index is 2.05. The highest BCUT2D eigenvalue weighted by Crippen LogP contribution is 2.32. The molecule has 0 aliphatic rings. The molecule has 0 fully saturated rings. The van der Waals surface area contributed by atoms with Gasteiger partial charge in [0.15, 0.2) is 0 Å². The van der Waals surface area contributed by atoms with Gasteiger partial charge < -0.3 is 15.0 Å². The molecule has 0 bridgehead atoms. The zero-order valence-corrected chi connectivity index (χ0v) is 24.1. The lowest BCUT2D eigenvalue weighted by Gasteiger charge is -2.32. The van der Waals surface area contributed by atoms with Gasteiger partial charge in [0, 0.05) is 17.6 Å². The van der Waals surface area contributed by atoms with Crippen LogP contribution in [-0.2, 0) is 26.2 Å². The van der Waals surface area contributed by atoms with E-state index in [2.05, 4.69) is 5.32 Å². The van der Waals surface area contributed by atoms with Gasteiger partial charge in [0.2, 0.25) is 11.8 Å². The normalized spacial score (nSPS) is 12.7. The zero-order valence-electron chi connectivity index (χ0n) is 22.5. The molecule has 1 N–H and O–H groups in total. The molecule has 10 heteroatoms. The number of nitrogens with zero attached hydrogens (tertiary/aromatic N) is 2. The molecule has 0 aromatic heterocycles. The van der Waals surface area contributed by atoms with Crippen LogP contribution in [0.5, 0.6) is 5.75 Å². The second kappa shape index (κ2) is 13.5. The van der Waals surface area contributed by atoms with Crippen molar-refractivity contribution >= 4 is 39.1 Å². The van der Waals surface area contributed by atoms with Crippen molar-refractivity contribution in [3.63, 3.8) is 0 Å². The zero-order chi connectivity index (χ0) is 28.6. The van der Waals surface area contributed by atoms with Crippen molar-refractivity contribution in [2.75, 3.05) is 18.0 Å². The van der Waals surface area contributed by atoms with Crippen molar-refractivity contribution in [1.82, 2.24) is 10.2 Å². The van der Waals surface area contributed by atoms with Gasteiger partial charge in [0.1, 0.15) is 18.3 Å². The number of hydrogen-bond acceptors (Lipinski definition) is 5. The van der Waals surface area contributed by atoms with Crippen LogP contribution in [-0.4, -0.2) is 50.9 Å². The standard InChI is InChI=1S/C29H34ClN3O5S/c1-5-21(2)31-29(35)22(3)32(19-23-12-11-13-24(30)18-23)28(34)20-33(26-16-9-10-17-27(26)38-4)39(36,37)25-14-7-6-8-15-25/h6-18,21-22H,5,19-20H2,1-4H3,(H,31,35)/t21-,22-/m0/s1. The Morgan fingerprint density at radius 3 is 2.28 bits per heavy atom. The minimum absolute atomic E-state index is 0.0210. The van der Waals surface area contributed by atoms with Crippen molar-refractivity contribution < 1.29 is 22.7 Å². The number of para-hydroxylation sites is 2. The number of anilines is 1. The third kappa shape index (κ3) is 7.52. The molecule has 0 aliphatic heterocycles. The van der Waals surface area contributed by atoms with Crippen molar-refractivity contribution in [3.8, 4) is 5.75 Å². The first-order chi connectivity index (χ1) is 18.6. The van der Waals surface area contributed by atoms with E-state index in [1.165, 1.54) is 24.1 Å². The van der Waals surface area contributed by atoms with Gasteiger partial charge >= 0.3 is 0 Å². The summed E-state index contributed by atoms with van der Waals surface area (Å²) in [5.41, 5.74) is 0.908. The van der Waals surface area contributed by atoms with Crippen molar-refractivity contribution in [3.05, 3.63) is 89.4 Å². The molecule has 0 heterocycles. The van der Waals surface area contributed by atoms with Gasteiger partial charge in [0.05, 0.1) is 17.7 Å². The molecule has 39 heavy (non-hydrogen) atoms. The fraction of sp³-hybridized carbons (Fsp3) is 0.310. The molecular formula is C29H34ClN3O5S. The molecule has 2 atom stereocenters. The van der Waals surface area contributed by atoms with Crippen LogP contribution in [0.15, 0.2) is 83.8 Å². The second-order valence-corrected chi connectivity index (χ2v) is 11.4. The first kappa shape index (κ1) is 30.0. The van der Waals surface area contributed by atoms with Crippen molar-refractivity contribution in [2.24, 2.45) is 0 Å². The van der Waals surface area contributed by atoms with Gasteiger partial charge in [-0.25, -0.2) is 8.42 Å². The van der Waals surface area contributed by atoms with E-state index in [0.29, 0.717) is 10.6 Å². The lowest BCUT2D eigenvalue weighted by Crippen LogP contribution is -2.52. The van der Waals surface area contributed by atoms with Crippen LogP contribution in [0.4, 0.5) is 5.69 Å². The first-order valence-electron chi connectivity index (χ1n) is 12.6. The van der Waals surface area contributed by atoms with Gasteiger partial charge in [-0.15, -0.1) is 0 Å². The first-order valence-corrected chi connectivity index (χ1v) is 14.4. The summed E-state index contributed by atoms with van der Waals surface area (Å²) in [6, 6.07) is 20.4. The summed E-state index contributed by atoms with van der Waals surface area (Å²) in [7, 11) is -2.75. The Bertz CT molecular complexity index is 1380. The number of benzene rings is 3. The van der Waals surface area contributed by atoms with Gasteiger partial charge in [-0.1, -0.05) is 61.0 Å². The molecule has 0 radical (unpaired) electrons. The van der Waals surface area contributed by atoms with Crippen LogP contribution in [0, 0.1) is 0 Å². The summed E-state index contributed by atoms with van der Waals surface area (Å²) < 4.78 is 34.2. The Labute approximate surface area is 235 Å². The molecule has 3 aromatic carbocycles. The number of hydrogen-bond donors (Lipinski definition) is 1. The van der Waals surface area contributed by atoms with E-state index >= 15 is 0 Å². The Morgan fingerprint density at radius 2 is 1.64 bits per heavy atom. The monoisotopic (exact) mass is 571 g/mol. The van der Waals surface area contributed by atoms with E-state index in [9.17, 15) is 18.0 Å². The summed E-state index contributed by atoms with van der Waals surface area (Å²) in [6.45, 7) is 4.95. The molecule has 208 valence electrons. The molecule has 8 nitrogen and oxygen atoms in total. The number of rotatable bonds is 12. The molecule has 3 rings (SSSR count). The summed E-state index contributed by atoms with van der Waals surface area (Å²) >= 11 is 6.18. The highest BCUT2D eigenvalue weighted by molar-refractivity contribution is 7.92. The van der Waals surface area contributed by atoms with E-state index in [4.69, 9.17) is 16.3 Å². The average Bonchev–Trinajstić information content (AvgIpc) is 2.94. The number of methoxy groups -OCH3 is 1. The summed E-state index contributed by atoms with van der Waals surface area (Å²) in [5.74, 6) is -0.615. The van der Waals surface area contributed by atoms with Crippen LogP contribution in [0.1, 0.15) is 32.8 Å².